The van der Waals surface area contributed by atoms with Crippen molar-refractivity contribution in [2.75, 3.05) is 0 Å². The molecule has 0 bridgehead atoms. The van der Waals surface area contributed by atoms with Crippen LogP contribution in [0.5, 0.6) is 0 Å². The number of rotatable bonds is 0. The minimum atomic E-state index is 0. The van der Waals surface area contributed by atoms with E-state index in [9.17, 15) is 0 Å². The summed E-state index contributed by atoms with van der Waals surface area (Å²) in [4.78, 5) is 0. The molecule has 0 heterocycles. The summed E-state index contributed by atoms with van der Waals surface area (Å²) < 4.78 is 0. The largest absolute Gasteiger partial charge is 0.346 e. The molecule has 0 atom stereocenters. The molecule has 0 aromatic carbocycles. The van der Waals surface area contributed by atoms with Gasteiger partial charge in [-0.1, -0.05) is 0 Å². The summed E-state index contributed by atoms with van der Waals surface area (Å²) in [6, 6.07) is 0. The summed E-state index contributed by atoms with van der Waals surface area (Å²) in [7, 11) is 0. The van der Waals surface area contributed by atoms with Crippen LogP contribution in [-0.2, 0) is 32.7 Å². The van der Waals surface area contributed by atoms with Crippen LogP contribution in [0.4, 0.5) is 0 Å². The van der Waals surface area contributed by atoms with Gasteiger partial charge in [-0.25, -0.2) is 0 Å². The van der Waals surface area contributed by atoms with Crippen molar-refractivity contribution in [3.8, 4) is 0 Å². The fourth-order valence-corrected chi connectivity index (χ4v) is 0. The monoisotopic (exact) mass is 158 g/mol. The van der Waals surface area contributed by atoms with Gasteiger partial charge in [0.05, 0.1) is 0 Å². The van der Waals surface area contributed by atoms with Gasteiger partial charge in [0.1, 0.15) is 0 Å². The van der Waals surface area contributed by atoms with Crippen LogP contribution in [0.2, 0.25) is 0 Å². The van der Waals surface area contributed by atoms with Crippen LogP contribution in [0.1, 0.15) is 6.92 Å². The van der Waals surface area contributed by atoms with E-state index in [1.54, 1.807) is 6.92 Å². The molecular weight excluding hydrogens is 153 g/mol. The summed E-state index contributed by atoms with van der Waals surface area (Å²) >= 11 is 0. The molecule has 0 N–H and O–H groups in total. The van der Waals surface area contributed by atoms with Crippen molar-refractivity contribution in [3.63, 3.8) is 0 Å². The Morgan fingerprint density at radius 1 is 1.25 bits per heavy atom. The maximum absolute atomic E-state index is 3.25. The molecule has 0 fully saturated rings. The van der Waals surface area contributed by atoms with Crippen LogP contribution in [0.25, 0.3) is 0 Å². The molecule has 4 heavy (non-hydrogen) atoms. The van der Waals surface area contributed by atoms with E-state index in [1.807, 2.05) is 0 Å². The zero-order valence-corrected chi connectivity index (χ0v) is 6.18. The number of hydrogen-bond acceptors (Lipinski definition) is 0. The maximum Gasteiger partial charge on any atom is 0 e. The Morgan fingerprint density at radius 2 is 1.25 bits per heavy atom. The summed E-state index contributed by atoms with van der Waals surface area (Å²) in [6.45, 7) is 5.00. The topological polar surface area (TPSA) is 0 Å². The third-order valence-electron chi connectivity index (χ3n) is 0. The third kappa shape index (κ3) is 8.84. The van der Waals surface area contributed by atoms with Crippen molar-refractivity contribution in [2.45, 2.75) is 6.92 Å². The Balaban J connectivity index is -0.00000000500. The van der Waals surface area contributed by atoms with Crippen LogP contribution < -0.4 is 0 Å². The van der Waals surface area contributed by atoms with Crippen LogP contribution in [0.15, 0.2) is 0 Å². The summed E-state index contributed by atoms with van der Waals surface area (Å²) in [5.41, 5.74) is 0. The van der Waals surface area contributed by atoms with Gasteiger partial charge in [-0.15, -0.1) is 0 Å². The van der Waals surface area contributed by atoms with E-state index < -0.39 is 0 Å². The maximum atomic E-state index is 3.25. The smallest absolute Gasteiger partial charge is 0 e. The molecule has 25 valence electrons. The molecule has 0 aliphatic carbocycles. The van der Waals surface area contributed by atoms with Crippen molar-refractivity contribution < 1.29 is 70.4 Å². The van der Waals surface area contributed by atoms with Crippen molar-refractivity contribution in [1.82, 2.24) is 0 Å². The average molecular weight is 158 g/mol. The van der Waals surface area contributed by atoms with Crippen molar-refractivity contribution in [2.24, 2.45) is 0 Å². The summed E-state index contributed by atoms with van der Waals surface area (Å²) in [5, 5.41) is 0. The quantitative estimate of drug-likeness (QED) is 0.458. The molecule has 0 saturated heterocycles. The standard InChI is InChI=1S/C2H5.Ar.Y/c1-2;;/h1H2,2H3;;/q-1;;. The minimum Gasteiger partial charge on any atom is -0.346 e. The summed E-state index contributed by atoms with van der Waals surface area (Å²) in [5.74, 6) is 0. The second-order valence-electron chi connectivity index (χ2n) is 0. The van der Waals surface area contributed by atoms with Gasteiger partial charge in [0, 0.05) is 70.4 Å². The molecule has 0 saturated carbocycles. The van der Waals surface area contributed by atoms with Crippen LogP contribution in [0.3, 0.4) is 0 Å². The molecule has 0 aliphatic rings. The van der Waals surface area contributed by atoms with Crippen molar-refractivity contribution >= 4 is 0 Å². The molecule has 0 aromatic rings. The van der Waals surface area contributed by atoms with Crippen LogP contribution in [-0.4, -0.2) is 0 Å². The van der Waals surface area contributed by atoms with E-state index in [0.29, 0.717) is 0 Å². The van der Waals surface area contributed by atoms with Gasteiger partial charge in [0.2, 0.25) is 0 Å². The molecule has 0 unspecified atom stereocenters. The molecule has 0 spiro atoms. The predicted octanol–water partition coefficient (Wildman–Crippen LogP) is 0.838. The molecule has 0 nitrogen and oxygen atoms in total. The van der Waals surface area contributed by atoms with Crippen molar-refractivity contribution in [3.05, 3.63) is 6.92 Å². The number of hydrogen-bond donors (Lipinski definition) is 0. The zero-order valence-electron chi connectivity index (χ0n) is 2.64. The van der Waals surface area contributed by atoms with Gasteiger partial charge in [0.25, 0.3) is 0 Å². The Labute approximate surface area is 82.6 Å². The molecular formula is C2H5ArY-. The van der Waals surface area contributed by atoms with Crippen LogP contribution >= 0.6 is 0 Å². The molecule has 0 aliphatic heterocycles. The van der Waals surface area contributed by atoms with Gasteiger partial charge in [-0.3, -0.25) is 0 Å². The van der Waals surface area contributed by atoms with Crippen LogP contribution in [0, 0.1) is 44.7 Å². The molecule has 0 aromatic heterocycles. The molecule has 0 rings (SSSR count). The van der Waals surface area contributed by atoms with Gasteiger partial charge in [0.15, 0.2) is 0 Å². The van der Waals surface area contributed by atoms with Gasteiger partial charge in [-0.05, 0) is 0 Å². The van der Waals surface area contributed by atoms with E-state index in [2.05, 4.69) is 6.92 Å². The first-order valence-electron chi connectivity index (χ1n) is 0.707. The third-order valence-corrected chi connectivity index (χ3v) is 0. The second kappa shape index (κ2) is 18.3. The SMILES string of the molecule is [Ar].[CH2-]C.[Y]. The molecule has 2 heteroatoms. The van der Waals surface area contributed by atoms with Gasteiger partial charge >= 0.3 is 0 Å². The first-order chi connectivity index (χ1) is 1.00. The Morgan fingerprint density at radius 3 is 1.25 bits per heavy atom. The molecule has 1 radical (unpaired) electrons. The van der Waals surface area contributed by atoms with Crippen molar-refractivity contribution in [1.29, 1.82) is 0 Å². The Bertz CT molecular complexity index is 6.00. The predicted molar refractivity (Wildman–Crippen MR) is 11.0 cm³/mol. The van der Waals surface area contributed by atoms with Gasteiger partial charge in [-0.2, -0.15) is 6.92 Å². The Kier molecular flexibility index (Phi) is 74.0. The zero-order chi connectivity index (χ0) is 2.00. The van der Waals surface area contributed by atoms with Gasteiger partial charge < -0.3 is 6.92 Å². The van der Waals surface area contributed by atoms with E-state index >= 15 is 0 Å². The van der Waals surface area contributed by atoms with E-state index in [4.69, 9.17) is 0 Å². The van der Waals surface area contributed by atoms with E-state index in [0.717, 1.165) is 0 Å². The second-order valence-corrected chi connectivity index (χ2v) is 0. The first-order valence-corrected chi connectivity index (χ1v) is 0.707. The fraction of sp³-hybridized carbons (Fsp3) is 0.500. The first kappa shape index (κ1) is 16.2. The normalized spacial score (nSPS) is 1.50. The fourth-order valence-electron chi connectivity index (χ4n) is 0. The Hall–Kier alpha value is 2.36. The van der Waals surface area contributed by atoms with E-state index in [-0.39, 0.29) is 70.4 Å². The summed E-state index contributed by atoms with van der Waals surface area (Å²) in [6.07, 6.45) is 0. The molecule has 0 amide bonds. The minimum absolute atomic E-state index is 0. The average Bonchev–Trinajstić information content (AvgIpc) is 1.00. The van der Waals surface area contributed by atoms with E-state index in [1.165, 1.54) is 0 Å².